The molecule has 1 amide bonds. The number of nitrogens with zero attached hydrogens (tertiary/aromatic N) is 2. The van der Waals surface area contributed by atoms with Crippen LogP contribution in [0.1, 0.15) is 24.2 Å². The zero-order valence-corrected chi connectivity index (χ0v) is 11.3. The Morgan fingerprint density at radius 1 is 1.59 bits per heavy atom. The molecule has 3 nitrogen and oxygen atoms in total. The monoisotopic (exact) mass is 272 g/mol. The number of rotatable bonds is 4. The van der Waals surface area contributed by atoms with E-state index in [-0.39, 0.29) is 17.1 Å². The molecule has 1 rings (SSSR count). The fourth-order valence-electron chi connectivity index (χ4n) is 1.40. The van der Waals surface area contributed by atoms with Crippen molar-refractivity contribution in [3.05, 3.63) is 40.7 Å². The number of carbonyl (C=O) groups is 1. The minimum absolute atomic E-state index is 0.0588. The van der Waals surface area contributed by atoms with Crippen LogP contribution in [0.2, 0.25) is 10.2 Å². The van der Waals surface area contributed by atoms with Gasteiger partial charge in [0.2, 0.25) is 0 Å². The Hall–Kier alpha value is -1.06. The van der Waals surface area contributed by atoms with Gasteiger partial charge in [0.05, 0.1) is 10.6 Å². The molecule has 0 aliphatic rings. The molecule has 17 heavy (non-hydrogen) atoms. The first-order chi connectivity index (χ1) is 7.97. The molecular formula is C12H14Cl2N2O. The van der Waals surface area contributed by atoms with E-state index in [9.17, 15) is 4.79 Å². The van der Waals surface area contributed by atoms with E-state index in [1.807, 2.05) is 13.8 Å². The van der Waals surface area contributed by atoms with E-state index in [1.54, 1.807) is 11.0 Å². The smallest absolute Gasteiger partial charge is 0.256 e. The van der Waals surface area contributed by atoms with Gasteiger partial charge < -0.3 is 4.90 Å². The summed E-state index contributed by atoms with van der Waals surface area (Å²) in [6, 6.07) is 1.54. The van der Waals surface area contributed by atoms with Crippen LogP contribution in [-0.2, 0) is 0 Å². The summed E-state index contributed by atoms with van der Waals surface area (Å²) in [6.45, 7) is 7.96. The maximum absolute atomic E-state index is 12.3. The average Bonchev–Trinajstić information content (AvgIpc) is 2.28. The minimum atomic E-state index is -0.172. The highest BCUT2D eigenvalue weighted by Crippen LogP contribution is 2.20. The van der Waals surface area contributed by atoms with Gasteiger partial charge in [-0.15, -0.1) is 6.58 Å². The quantitative estimate of drug-likeness (QED) is 0.622. The molecule has 1 aromatic heterocycles. The zero-order valence-electron chi connectivity index (χ0n) is 9.78. The van der Waals surface area contributed by atoms with Crippen LogP contribution in [0.4, 0.5) is 0 Å². The van der Waals surface area contributed by atoms with Crippen molar-refractivity contribution in [3.8, 4) is 0 Å². The second-order valence-corrected chi connectivity index (χ2v) is 4.62. The van der Waals surface area contributed by atoms with Crippen molar-refractivity contribution < 1.29 is 4.79 Å². The number of aromatic nitrogens is 1. The van der Waals surface area contributed by atoms with Crippen molar-refractivity contribution >= 4 is 29.1 Å². The third-order valence-electron chi connectivity index (χ3n) is 2.26. The predicted molar refractivity (Wildman–Crippen MR) is 70.6 cm³/mol. The lowest BCUT2D eigenvalue weighted by Crippen LogP contribution is -2.37. The average molecular weight is 273 g/mol. The maximum Gasteiger partial charge on any atom is 0.256 e. The summed E-state index contributed by atoms with van der Waals surface area (Å²) >= 11 is 11.7. The molecule has 0 saturated carbocycles. The van der Waals surface area contributed by atoms with E-state index < -0.39 is 0 Å². The first-order valence-electron chi connectivity index (χ1n) is 5.20. The molecular weight excluding hydrogens is 259 g/mol. The molecule has 0 saturated heterocycles. The van der Waals surface area contributed by atoms with Crippen LogP contribution < -0.4 is 0 Å². The Morgan fingerprint density at radius 2 is 2.24 bits per heavy atom. The van der Waals surface area contributed by atoms with Crippen LogP contribution in [0.15, 0.2) is 24.9 Å². The fraction of sp³-hybridized carbons (Fsp3) is 0.333. The van der Waals surface area contributed by atoms with E-state index in [4.69, 9.17) is 23.2 Å². The number of pyridine rings is 1. The van der Waals surface area contributed by atoms with Crippen LogP contribution in [0, 0.1) is 0 Å². The Labute approximate surface area is 111 Å². The predicted octanol–water partition coefficient (Wildman–Crippen LogP) is 3.43. The molecule has 92 valence electrons. The van der Waals surface area contributed by atoms with Crippen molar-refractivity contribution in [2.24, 2.45) is 0 Å². The lowest BCUT2D eigenvalue weighted by atomic mass is 10.2. The highest BCUT2D eigenvalue weighted by Gasteiger charge is 2.20. The molecule has 0 aliphatic heterocycles. The summed E-state index contributed by atoms with van der Waals surface area (Å²) in [5.74, 6) is -0.172. The zero-order chi connectivity index (χ0) is 13.0. The first kappa shape index (κ1) is 14.0. The van der Waals surface area contributed by atoms with Gasteiger partial charge in [0.1, 0.15) is 5.15 Å². The summed E-state index contributed by atoms with van der Waals surface area (Å²) in [4.78, 5) is 17.7. The molecule has 1 aromatic rings. The van der Waals surface area contributed by atoms with E-state index in [0.717, 1.165) is 0 Å². The molecule has 1 heterocycles. The SMILES string of the molecule is C=CCN(C(=O)c1cc(Cl)ncc1Cl)C(C)C. The number of hydrogen-bond donors (Lipinski definition) is 0. The second kappa shape index (κ2) is 6.03. The fourth-order valence-corrected chi connectivity index (χ4v) is 1.74. The molecule has 0 bridgehead atoms. The topological polar surface area (TPSA) is 33.2 Å². The van der Waals surface area contributed by atoms with Crippen molar-refractivity contribution in [2.45, 2.75) is 19.9 Å². The minimum Gasteiger partial charge on any atom is -0.332 e. The van der Waals surface area contributed by atoms with Crippen molar-refractivity contribution in [1.29, 1.82) is 0 Å². The highest BCUT2D eigenvalue weighted by atomic mass is 35.5. The summed E-state index contributed by atoms with van der Waals surface area (Å²) in [6.07, 6.45) is 3.05. The molecule has 0 unspecified atom stereocenters. The third-order valence-corrected chi connectivity index (χ3v) is 2.77. The van der Waals surface area contributed by atoms with Crippen molar-refractivity contribution in [1.82, 2.24) is 9.88 Å². The number of halogens is 2. The standard InChI is InChI=1S/C12H14Cl2N2O/c1-4-5-16(8(2)3)12(17)9-6-11(14)15-7-10(9)13/h4,6-8H,1,5H2,2-3H3. The summed E-state index contributed by atoms with van der Waals surface area (Å²) in [5, 5.41) is 0.550. The van der Waals surface area contributed by atoms with Gasteiger partial charge in [0.25, 0.3) is 5.91 Å². The van der Waals surface area contributed by atoms with Gasteiger partial charge in [-0.1, -0.05) is 29.3 Å². The maximum atomic E-state index is 12.3. The Balaban J connectivity index is 3.08. The number of hydrogen-bond acceptors (Lipinski definition) is 2. The van der Waals surface area contributed by atoms with Crippen LogP contribution in [0.5, 0.6) is 0 Å². The normalized spacial score (nSPS) is 10.4. The van der Waals surface area contributed by atoms with Crippen molar-refractivity contribution in [2.75, 3.05) is 6.54 Å². The largest absolute Gasteiger partial charge is 0.332 e. The van der Waals surface area contributed by atoms with Gasteiger partial charge in [0, 0.05) is 18.8 Å². The van der Waals surface area contributed by atoms with E-state index in [2.05, 4.69) is 11.6 Å². The lowest BCUT2D eigenvalue weighted by molar-refractivity contribution is 0.0729. The molecule has 5 heteroatoms. The molecule has 0 aliphatic carbocycles. The van der Waals surface area contributed by atoms with Gasteiger partial charge in [-0.3, -0.25) is 4.79 Å². The van der Waals surface area contributed by atoms with Gasteiger partial charge in [0.15, 0.2) is 0 Å². The van der Waals surface area contributed by atoms with Gasteiger partial charge in [-0.25, -0.2) is 4.98 Å². The number of carbonyl (C=O) groups excluding carboxylic acids is 1. The van der Waals surface area contributed by atoms with E-state index in [1.165, 1.54) is 12.3 Å². The van der Waals surface area contributed by atoms with Crippen LogP contribution >= 0.6 is 23.2 Å². The Kier molecular flexibility index (Phi) is 4.97. The van der Waals surface area contributed by atoms with E-state index in [0.29, 0.717) is 17.1 Å². The first-order valence-corrected chi connectivity index (χ1v) is 5.96. The van der Waals surface area contributed by atoms with Crippen LogP contribution in [0.25, 0.3) is 0 Å². The highest BCUT2D eigenvalue weighted by molar-refractivity contribution is 6.35. The Morgan fingerprint density at radius 3 is 2.76 bits per heavy atom. The van der Waals surface area contributed by atoms with Gasteiger partial charge in [-0.2, -0.15) is 0 Å². The number of amides is 1. The second-order valence-electron chi connectivity index (χ2n) is 3.83. The summed E-state index contributed by atoms with van der Waals surface area (Å²) < 4.78 is 0. The summed E-state index contributed by atoms with van der Waals surface area (Å²) in [5.41, 5.74) is 0.363. The molecule has 0 N–H and O–H groups in total. The Bertz CT molecular complexity index is 433. The van der Waals surface area contributed by atoms with Crippen molar-refractivity contribution in [3.63, 3.8) is 0 Å². The molecule has 0 atom stereocenters. The van der Waals surface area contributed by atoms with Crippen LogP contribution in [0.3, 0.4) is 0 Å². The molecule has 0 fully saturated rings. The lowest BCUT2D eigenvalue weighted by Gasteiger charge is -2.25. The van der Waals surface area contributed by atoms with E-state index >= 15 is 0 Å². The molecule has 0 aromatic carbocycles. The van der Waals surface area contributed by atoms with Gasteiger partial charge >= 0.3 is 0 Å². The third kappa shape index (κ3) is 3.45. The summed E-state index contributed by atoms with van der Waals surface area (Å²) in [7, 11) is 0. The molecule has 0 radical (unpaired) electrons. The van der Waals surface area contributed by atoms with Gasteiger partial charge in [-0.05, 0) is 19.9 Å². The van der Waals surface area contributed by atoms with Crippen LogP contribution in [-0.4, -0.2) is 28.4 Å². The molecule has 0 spiro atoms.